The van der Waals surface area contributed by atoms with E-state index < -0.39 is 0 Å². The smallest absolute Gasteiger partial charge is 0.124 e. The summed E-state index contributed by atoms with van der Waals surface area (Å²) in [6.45, 7) is 2.02. The van der Waals surface area contributed by atoms with Crippen LogP contribution >= 0.6 is 11.6 Å². The van der Waals surface area contributed by atoms with Crippen LogP contribution in [0.2, 0.25) is 5.02 Å². The maximum Gasteiger partial charge on any atom is 0.124 e. The highest BCUT2D eigenvalue weighted by Crippen LogP contribution is 2.19. The van der Waals surface area contributed by atoms with Crippen LogP contribution in [-0.2, 0) is 19.6 Å². The lowest BCUT2D eigenvalue weighted by Crippen LogP contribution is -2.17. The Balaban J connectivity index is 1.50. The van der Waals surface area contributed by atoms with Crippen LogP contribution in [0.3, 0.4) is 0 Å². The van der Waals surface area contributed by atoms with Crippen LogP contribution in [0.4, 0.5) is 4.39 Å². The molecule has 0 atom stereocenters. The molecule has 3 rings (SSSR count). The maximum absolute atomic E-state index is 13.0. The molecule has 0 fully saturated rings. The highest BCUT2D eigenvalue weighted by molar-refractivity contribution is 6.30. The molecule has 3 aromatic rings. The maximum atomic E-state index is 13.0. The molecule has 0 aromatic heterocycles. The molecule has 0 heterocycles. The van der Waals surface area contributed by atoms with Gasteiger partial charge in [-0.25, -0.2) is 4.39 Å². The minimum absolute atomic E-state index is 0.237. The summed E-state index contributed by atoms with van der Waals surface area (Å²) in [6, 6.07) is 22.3. The standard InChI is InChI=1S/C22H21ClFNO/c23-20-9-5-17(6-10-20)13-14-25-15-19-3-1-2-4-22(19)26-16-18-7-11-21(24)12-8-18/h1-12,25H,13-16H2. The van der Waals surface area contributed by atoms with Crippen LogP contribution < -0.4 is 10.1 Å². The van der Waals surface area contributed by atoms with Crippen LogP contribution in [0.25, 0.3) is 0 Å². The summed E-state index contributed by atoms with van der Waals surface area (Å²) in [4.78, 5) is 0. The van der Waals surface area contributed by atoms with Gasteiger partial charge in [0.05, 0.1) is 0 Å². The molecular formula is C22H21ClFNO. The number of nitrogens with one attached hydrogen (secondary N) is 1. The van der Waals surface area contributed by atoms with E-state index in [1.54, 1.807) is 12.1 Å². The molecule has 134 valence electrons. The lowest BCUT2D eigenvalue weighted by atomic mass is 10.1. The van der Waals surface area contributed by atoms with Crippen molar-refractivity contribution in [3.05, 3.63) is 100 Å². The molecule has 0 saturated carbocycles. The molecule has 0 radical (unpaired) electrons. The molecule has 0 spiro atoms. The normalized spacial score (nSPS) is 10.7. The first-order chi connectivity index (χ1) is 12.7. The second-order valence-corrected chi connectivity index (χ2v) is 6.51. The molecule has 0 aliphatic rings. The van der Waals surface area contributed by atoms with Gasteiger partial charge in [0.1, 0.15) is 18.2 Å². The quantitative estimate of drug-likeness (QED) is 0.537. The third-order valence-electron chi connectivity index (χ3n) is 4.10. The van der Waals surface area contributed by atoms with Crippen molar-refractivity contribution in [2.24, 2.45) is 0 Å². The Morgan fingerprint density at radius 2 is 1.54 bits per heavy atom. The minimum Gasteiger partial charge on any atom is -0.489 e. The van der Waals surface area contributed by atoms with Crippen molar-refractivity contribution in [1.82, 2.24) is 5.32 Å². The molecule has 4 heteroatoms. The largest absolute Gasteiger partial charge is 0.489 e. The summed E-state index contributed by atoms with van der Waals surface area (Å²) in [5, 5.41) is 4.21. The van der Waals surface area contributed by atoms with Gasteiger partial charge in [0, 0.05) is 17.1 Å². The average Bonchev–Trinajstić information content (AvgIpc) is 2.67. The fourth-order valence-corrected chi connectivity index (χ4v) is 2.77. The first kappa shape index (κ1) is 18.4. The Labute approximate surface area is 158 Å². The lowest BCUT2D eigenvalue weighted by Gasteiger charge is -2.12. The van der Waals surface area contributed by atoms with Crippen molar-refractivity contribution in [2.75, 3.05) is 6.54 Å². The third-order valence-corrected chi connectivity index (χ3v) is 4.35. The Morgan fingerprint density at radius 3 is 2.31 bits per heavy atom. The molecule has 26 heavy (non-hydrogen) atoms. The zero-order chi connectivity index (χ0) is 18.2. The van der Waals surface area contributed by atoms with Crippen molar-refractivity contribution in [3.63, 3.8) is 0 Å². The molecule has 0 aliphatic carbocycles. The summed E-state index contributed by atoms with van der Waals surface area (Å²) in [6.07, 6.45) is 0.940. The molecule has 1 N–H and O–H groups in total. The van der Waals surface area contributed by atoms with Gasteiger partial charge in [-0.2, -0.15) is 0 Å². The fraction of sp³-hybridized carbons (Fsp3) is 0.182. The van der Waals surface area contributed by atoms with Crippen molar-refractivity contribution < 1.29 is 9.13 Å². The zero-order valence-electron chi connectivity index (χ0n) is 14.4. The Morgan fingerprint density at radius 1 is 0.846 bits per heavy atom. The minimum atomic E-state index is -0.237. The van der Waals surface area contributed by atoms with Crippen molar-refractivity contribution in [3.8, 4) is 5.75 Å². The van der Waals surface area contributed by atoms with E-state index in [0.29, 0.717) is 6.61 Å². The molecule has 0 bridgehead atoms. The van der Waals surface area contributed by atoms with E-state index in [-0.39, 0.29) is 5.82 Å². The summed E-state index contributed by atoms with van der Waals surface area (Å²) in [7, 11) is 0. The zero-order valence-corrected chi connectivity index (χ0v) is 15.2. The molecule has 0 unspecified atom stereocenters. The number of rotatable bonds is 8. The van der Waals surface area contributed by atoms with Crippen LogP contribution in [0, 0.1) is 5.82 Å². The number of hydrogen-bond donors (Lipinski definition) is 1. The van der Waals surface area contributed by atoms with Gasteiger partial charge in [-0.05, 0) is 54.4 Å². The van der Waals surface area contributed by atoms with Crippen LogP contribution in [0.15, 0.2) is 72.8 Å². The van der Waals surface area contributed by atoms with Crippen LogP contribution in [0.5, 0.6) is 5.75 Å². The van der Waals surface area contributed by atoms with E-state index in [4.69, 9.17) is 16.3 Å². The number of benzene rings is 3. The SMILES string of the molecule is Fc1ccc(COc2ccccc2CNCCc2ccc(Cl)cc2)cc1. The van der Waals surface area contributed by atoms with Gasteiger partial charge in [-0.15, -0.1) is 0 Å². The molecule has 3 aromatic carbocycles. The first-order valence-corrected chi connectivity index (χ1v) is 8.99. The highest BCUT2D eigenvalue weighted by atomic mass is 35.5. The topological polar surface area (TPSA) is 21.3 Å². The second kappa shape index (κ2) is 9.37. The summed E-state index contributed by atoms with van der Waals surface area (Å²) in [5.74, 6) is 0.606. The molecule has 2 nitrogen and oxygen atoms in total. The van der Waals surface area contributed by atoms with Gasteiger partial charge >= 0.3 is 0 Å². The van der Waals surface area contributed by atoms with E-state index in [0.717, 1.165) is 41.4 Å². The van der Waals surface area contributed by atoms with E-state index in [1.807, 2.05) is 42.5 Å². The number of hydrogen-bond acceptors (Lipinski definition) is 2. The van der Waals surface area contributed by atoms with Gasteiger partial charge in [-0.3, -0.25) is 0 Å². The average molecular weight is 370 g/mol. The molecular weight excluding hydrogens is 349 g/mol. The Bertz CT molecular complexity index is 818. The predicted molar refractivity (Wildman–Crippen MR) is 104 cm³/mol. The van der Waals surface area contributed by atoms with E-state index >= 15 is 0 Å². The van der Waals surface area contributed by atoms with Crippen molar-refractivity contribution >= 4 is 11.6 Å². The van der Waals surface area contributed by atoms with Gasteiger partial charge in [0.15, 0.2) is 0 Å². The van der Waals surface area contributed by atoms with Crippen LogP contribution in [-0.4, -0.2) is 6.54 Å². The summed E-state index contributed by atoms with van der Waals surface area (Å²) < 4.78 is 18.9. The van der Waals surface area contributed by atoms with Gasteiger partial charge in [0.25, 0.3) is 0 Å². The molecule has 0 amide bonds. The highest BCUT2D eigenvalue weighted by Gasteiger charge is 2.04. The van der Waals surface area contributed by atoms with Crippen LogP contribution in [0.1, 0.15) is 16.7 Å². The number of ether oxygens (including phenoxy) is 1. The van der Waals surface area contributed by atoms with E-state index in [2.05, 4.69) is 11.4 Å². The third kappa shape index (κ3) is 5.58. The molecule has 0 aliphatic heterocycles. The van der Waals surface area contributed by atoms with Crippen molar-refractivity contribution in [2.45, 2.75) is 19.6 Å². The van der Waals surface area contributed by atoms with Gasteiger partial charge in [0.2, 0.25) is 0 Å². The molecule has 0 saturated heterocycles. The van der Waals surface area contributed by atoms with Crippen molar-refractivity contribution in [1.29, 1.82) is 0 Å². The Hall–Kier alpha value is -2.36. The monoisotopic (exact) mass is 369 g/mol. The number of para-hydroxylation sites is 1. The second-order valence-electron chi connectivity index (χ2n) is 6.08. The lowest BCUT2D eigenvalue weighted by molar-refractivity contribution is 0.302. The van der Waals surface area contributed by atoms with Gasteiger partial charge in [-0.1, -0.05) is 54.1 Å². The van der Waals surface area contributed by atoms with E-state index in [9.17, 15) is 4.39 Å². The summed E-state index contributed by atoms with van der Waals surface area (Å²) >= 11 is 5.90. The fourth-order valence-electron chi connectivity index (χ4n) is 2.64. The summed E-state index contributed by atoms with van der Waals surface area (Å²) in [5.41, 5.74) is 3.30. The predicted octanol–water partition coefficient (Wildman–Crippen LogP) is 5.39. The van der Waals surface area contributed by atoms with E-state index in [1.165, 1.54) is 17.7 Å². The first-order valence-electron chi connectivity index (χ1n) is 8.61. The Kier molecular flexibility index (Phi) is 6.64. The van der Waals surface area contributed by atoms with Gasteiger partial charge < -0.3 is 10.1 Å². The number of halogens is 2.